The van der Waals surface area contributed by atoms with Crippen LogP contribution >= 0.6 is 0 Å². The van der Waals surface area contributed by atoms with E-state index in [2.05, 4.69) is 15.6 Å². The monoisotopic (exact) mass is 236 g/mol. The molecule has 0 spiro atoms. The van der Waals surface area contributed by atoms with Crippen LogP contribution in [0.25, 0.3) is 0 Å². The number of anilines is 1. The SMILES string of the molecule is O=[N+]([O-])c1cccnc1NC[C@@H]1CCCCN1. The fraction of sp³-hybridized carbons (Fsp3) is 0.545. The number of pyridine rings is 1. The second-order valence-corrected chi connectivity index (χ2v) is 4.16. The third kappa shape index (κ3) is 3.13. The zero-order valence-corrected chi connectivity index (χ0v) is 9.56. The average Bonchev–Trinajstić information content (AvgIpc) is 2.38. The van der Waals surface area contributed by atoms with E-state index in [0.717, 1.165) is 13.0 Å². The Kier molecular flexibility index (Phi) is 3.87. The van der Waals surface area contributed by atoms with Crippen LogP contribution < -0.4 is 10.6 Å². The Morgan fingerprint density at radius 3 is 3.18 bits per heavy atom. The Morgan fingerprint density at radius 2 is 2.47 bits per heavy atom. The summed E-state index contributed by atoms with van der Waals surface area (Å²) >= 11 is 0. The van der Waals surface area contributed by atoms with Gasteiger partial charge in [-0.1, -0.05) is 6.42 Å². The van der Waals surface area contributed by atoms with Crippen molar-refractivity contribution in [3.8, 4) is 0 Å². The molecule has 2 heterocycles. The van der Waals surface area contributed by atoms with Crippen LogP contribution in [0.2, 0.25) is 0 Å². The van der Waals surface area contributed by atoms with Crippen molar-refractivity contribution in [1.29, 1.82) is 0 Å². The van der Waals surface area contributed by atoms with Crippen molar-refractivity contribution >= 4 is 11.5 Å². The minimum absolute atomic E-state index is 0.0308. The fourth-order valence-corrected chi connectivity index (χ4v) is 2.00. The number of hydrogen-bond donors (Lipinski definition) is 2. The van der Waals surface area contributed by atoms with Crippen LogP contribution in [0, 0.1) is 10.1 Å². The lowest BCUT2D eigenvalue weighted by Gasteiger charge is -2.23. The van der Waals surface area contributed by atoms with Crippen molar-refractivity contribution < 1.29 is 4.92 Å². The molecule has 2 rings (SSSR count). The third-order valence-corrected chi connectivity index (χ3v) is 2.91. The Labute approximate surface area is 99.6 Å². The van der Waals surface area contributed by atoms with E-state index in [0.29, 0.717) is 18.4 Å². The lowest BCUT2D eigenvalue weighted by atomic mass is 10.1. The average molecular weight is 236 g/mol. The normalized spacial score (nSPS) is 19.9. The van der Waals surface area contributed by atoms with Gasteiger partial charge in [-0.3, -0.25) is 10.1 Å². The van der Waals surface area contributed by atoms with Crippen molar-refractivity contribution in [3.63, 3.8) is 0 Å². The highest BCUT2D eigenvalue weighted by Gasteiger charge is 2.16. The standard InChI is InChI=1S/C11H16N4O2/c16-15(17)10-5-3-7-13-11(10)14-8-9-4-1-2-6-12-9/h3,5,7,9,12H,1-2,4,6,8H2,(H,13,14)/t9-/m0/s1. The van der Waals surface area contributed by atoms with Crippen LogP contribution in [-0.2, 0) is 0 Å². The molecule has 6 heteroatoms. The smallest absolute Gasteiger partial charge is 0.311 e. The zero-order chi connectivity index (χ0) is 12.1. The highest BCUT2D eigenvalue weighted by molar-refractivity contribution is 5.55. The largest absolute Gasteiger partial charge is 0.363 e. The molecule has 1 atom stereocenters. The fourth-order valence-electron chi connectivity index (χ4n) is 2.00. The molecule has 2 N–H and O–H groups in total. The highest BCUT2D eigenvalue weighted by Crippen LogP contribution is 2.20. The highest BCUT2D eigenvalue weighted by atomic mass is 16.6. The topological polar surface area (TPSA) is 80.1 Å². The van der Waals surface area contributed by atoms with Gasteiger partial charge in [0.25, 0.3) is 0 Å². The summed E-state index contributed by atoms with van der Waals surface area (Å²) in [6.07, 6.45) is 5.08. The van der Waals surface area contributed by atoms with Gasteiger partial charge in [0.15, 0.2) is 0 Å². The number of aromatic nitrogens is 1. The number of piperidine rings is 1. The molecule has 0 unspecified atom stereocenters. The molecule has 0 aliphatic carbocycles. The molecule has 1 aliphatic heterocycles. The second kappa shape index (κ2) is 5.58. The molecule has 6 nitrogen and oxygen atoms in total. The Hall–Kier alpha value is -1.69. The van der Waals surface area contributed by atoms with E-state index < -0.39 is 4.92 Å². The molecular formula is C11H16N4O2. The number of nitro groups is 1. The van der Waals surface area contributed by atoms with Crippen molar-refractivity contribution in [2.45, 2.75) is 25.3 Å². The summed E-state index contributed by atoms with van der Waals surface area (Å²) in [7, 11) is 0. The Morgan fingerprint density at radius 1 is 1.59 bits per heavy atom. The van der Waals surface area contributed by atoms with Crippen molar-refractivity contribution in [1.82, 2.24) is 10.3 Å². The van der Waals surface area contributed by atoms with Crippen LogP contribution in [-0.4, -0.2) is 29.0 Å². The summed E-state index contributed by atoms with van der Waals surface area (Å²) < 4.78 is 0. The summed E-state index contributed by atoms with van der Waals surface area (Å²) in [6, 6.07) is 3.41. The quantitative estimate of drug-likeness (QED) is 0.612. The van der Waals surface area contributed by atoms with Gasteiger partial charge in [0.2, 0.25) is 5.82 Å². The minimum Gasteiger partial charge on any atom is -0.363 e. The summed E-state index contributed by atoms with van der Waals surface area (Å²) in [5.41, 5.74) is 0.0308. The van der Waals surface area contributed by atoms with Gasteiger partial charge in [-0.15, -0.1) is 0 Å². The first-order valence-electron chi connectivity index (χ1n) is 5.84. The van der Waals surface area contributed by atoms with Gasteiger partial charge in [0, 0.05) is 24.8 Å². The summed E-state index contributed by atoms with van der Waals surface area (Å²) in [5, 5.41) is 17.2. The first kappa shape index (κ1) is 11.8. The van der Waals surface area contributed by atoms with Gasteiger partial charge in [-0.05, 0) is 25.5 Å². The number of hydrogen-bond acceptors (Lipinski definition) is 5. The molecule has 1 saturated heterocycles. The molecule has 1 aromatic heterocycles. The van der Waals surface area contributed by atoms with E-state index in [1.54, 1.807) is 12.3 Å². The molecule has 1 fully saturated rings. The van der Waals surface area contributed by atoms with E-state index in [-0.39, 0.29) is 5.69 Å². The van der Waals surface area contributed by atoms with E-state index in [1.165, 1.54) is 18.9 Å². The van der Waals surface area contributed by atoms with E-state index in [9.17, 15) is 10.1 Å². The predicted molar refractivity (Wildman–Crippen MR) is 65.0 cm³/mol. The first-order valence-corrected chi connectivity index (χ1v) is 5.84. The molecule has 17 heavy (non-hydrogen) atoms. The first-order chi connectivity index (χ1) is 8.27. The predicted octanol–water partition coefficient (Wildman–Crippen LogP) is 1.54. The molecule has 0 bridgehead atoms. The van der Waals surface area contributed by atoms with Crippen LogP contribution in [0.5, 0.6) is 0 Å². The van der Waals surface area contributed by atoms with Gasteiger partial charge < -0.3 is 10.6 Å². The number of nitrogens with one attached hydrogen (secondary N) is 2. The van der Waals surface area contributed by atoms with Gasteiger partial charge in [-0.25, -0.2) is 4.98 Å². The molecule has 0 radical (unpaired) electrons. The molecule has 1 aliphatic rings. The van der Waals surface area contributed by atoms with Gasteiger partial charge in [-0.2, -0.15) is 0 Å². The van der Waals surface area contributed by atoms with Crippen molar-refractivity contribution in [2.75, 3.05) is 18.4 Å². The van der Waals surface area contributed by atoms with Crippen molar-refractivity contribution in [3.05, 3.63) is 28.4 Å². The lowest BCUT2D eigenvalue weighted by molar-refractivity contribution is -0.384. The molecular weight excluding hydrogens is 220 g/mol. The third-order valence-electron chi connectivity index (χ3n) is 2.91. The summed E-state index contributed by atoms with van der Waals surface area (Å²) in [6.45, 7) is 1.70. The van der Waals surface area contributed by atoms with E-state index >= 15 is 0 Å². The molecule has 92 valence electrons. The van der Waals surface area contributed by atoms with E-state index in [1.807, 2.05) is 0 Å². The summed E-state index contributed by atoms with van der Waals surface area (Å²) in [4.78, 5) is 14.4. The summed E-state index contributed by atoms with van der Waals surface area (Å²) in [5.74, 6) is 0.352. The number of rotatable bonds is 4. The second-order valence-electron chi connectivity index (χ2n) is 4.16. The van der Waals surface area contributed by atoms with Crippen LogP contribution in [0.15, 0.2) is 18.3 Å². The van der Waals surface area contributed by atoms with Gasteiger partial charge in [0.1, 0.15) is 0 Å². The van der Waals surface area contributed by atoms with E-state index in [4.69, 9.17) is 0 Å². The van der Waals surface area contributed by atoms with Crippen LogP contribution in [0.4, 0.5) is 11.5 Å². The molecule has 0 aromatic carbocycles. The van der Waals surface area contributed by atoms with Gasteiger partial charge >= 0.3 is 5.69 Å². The molecule has 1 aromatic rings. The maximum absolute atomic E-state index is 10.8. The zero-order valence-electron chi connectivity index (χ0n) is 9.56. The Balaban J connectivity index is 1.96. The van der Waals surface area contributed by atoms with Gasteiger partial charge in [0.05, 0.1) is 4.92 Å². The maximum atomic E-state index is 10.8. The lowest BCUT2D eigenvalue weighted by Crippen LogP contribution is -2.39. The molecule has 0 saturated carbocycles. The van der Waals surface area contributed by atoms with Crippen LogP contribution in [0.3, 0.4) is 0 Å². The maximum Gasteiger partial charge on any atom is 0.311 e. The number of nitrogens with zero attached hydrogens (tertiary/aromatic N) is 2. The van der Waals surface area contributed by atoms with Crippen LogP contribution in [0.1, 0.15) is 19.3 Å². The molecule has 0 amide bonds. The minimum atomic E-state index is -0.413. The van der Waals surface area contributed by atoms with Crippen molar-refractivity contribution in [2.24, 2.45) is 0 Å². The Bertz CT molecular complexity index is 391.